The largest absolute Gasteiger partial charge is 0.466 e. The van der Waals surface area contributed by atoms with Crippen molar-refractivity contribution in [1.29, 1.82) is 0 Å². The summed E-state index contributed by atoms with van der Waals surface area (Å²) in [5, 5.41) is 54.3. The first-order valence-corrected chi connectivity index (χ1v) is 38.5. The summed E-state index contributed by atoms with van der Waals surface area (Å²) in [6.07, 6.45) is 72.5. The van der Waals surface area contributed by atoms with Crippen molar-refractivity contribution in [2.24, 2.45) is 0 Å². The molecule has 1 aliphatic heterocycles. The van der Waals surface area contributed by atoms with Crippen molar-refractivity contribution in [3.63, 3.8) is 0 Å². The Balaban J connectivity index is 1.85. The molecule has 1 fully saturated rings. The van der Waals surface area contributed by atoms with Crippen LogP contribution in [0.4, 0.5) is 0 Å². The Morgan fingerprint density at radius 2 is 0.724 bits per heavy atom. The van der Waals surface area contributed by atoms with Crippen LogP contribution in [-0.4, -0.2) is 100 Å². The second-order valence-corrected chi connectivity index (χ2v) is 27.1. The minimum atomic E-state index is -1.57. The SMILES string of the molecule is CCCCCCCCC/C=C/C(O)C(COC1OC(CO)C(O)C(O)C1O)NC(=O)CCCCCCCCCCCCCCCCCCCCCCCCCCCCCCCCCCCOC(=O)CCCCCCCCCCCCCCCCCCC. The van der Waals surface area contributed by atoms with Gasteiger partial charge in [0.1, 0.15) is 24.4 Å². The van der Waals surface area contributed by atoms with Crippen molar-refractivity contribution in [3.05, 3.63) is 12.2 Å². The van der Waals surface area contributed by atoms with E-state index in [1.54, 1.807) is 6.08 Å². The molecule has 0 aromatic heterocycles. The molecule has 0 radical (unpaired) electrons. The summed E-state index contributed by atoms with van der Waals surface area (Å²) in [7, 11) is 0. The zero-order valence-electron chi connectivity index (χ0n) is 57.5. The zero-order chi connectivity index (χ0) is 63.0. The van der Waals surface area contributed by atoms with Gasteiger partial charge in [-0.2, -0.15) is 0 Å². The van der Waals surface area contributed by atoms with E-state index in [2.05, 4.69) is 19.2 Å². The Hall–Kier alpha value is -1.60. The molecule has 0 aromatic carbocycles. The van der Waals surface area contributed by atoms with E-state index in [0.29, 0.717) is 19.4 Å². The van der Waals surface area contributed by atoms with Gasteiger partial charge in [-0.3, -0.25) is 9.59 Å². The molecule has 0 spiro atoms. The maximum Gasteiger partial charge on any atom is 0.305 e. The highest BCUT2D eigenvalue weighted by Crippen LogP contribution is 2.24. The van der Waals surface area contributed by atoms with E-state index < -0.39 is 49.5 Å². The van der Waals surface area contributed by atoms with Gasteiger partial charge in [-0.1, -0.05) is 366 Å². The molecule has 11 heteroatoms. The molecule has 516 valence electrons. The molecule has 7 atom stereocenters. The van der Waals surface area contributed by atoms with E-state index in [1.807, 2.05) is 6.08 Å². The van der Waals surface area contributed by atoms with Crippen molar-refractivity contribution in [2.45, 2.75) is 442 Å². The number of carbonyl (C=O) groups is 2. The average Bonchev–Trinajstić information content (AvgIpc) is 3.48. The van der Waals surface area contributed by atoms with Gasteiger partial charge in [-0.25, -0.2) is 0 Å². The van der Waals surface area contributed by atoms with Gasteiger partial charge in [0.2, 0.25) is 5.91 Å². The van der Waals surface area contributed by atoms with Crippen molar-refractivity contribution in [1.82, 2.24) is 5.32 Å². The first-order chi connectivity index (χ1) is 42.7. The maximum absolute atomic E-state index is 13.0. The van der Waals surface area contributed by atoms with Crippen molar-refractivity contribution in [2.75, 3.05) is 19.8 Å². The summed E-state index contributed by atoms with van der Waals surface area (Å²) in [6.45, 7) is 4.37. The number of aliphatic hydroxyl groups excluding tert-OH is 5. The number of ether oxygens (including phenoxy) is 3. The molecule has 1 saturated heterocycles. The third-order valence-corrected chi connectivity index (χ3v) is 18.7. The second-order valence-electron chi connectivity index (χ2n) is 27.1. The highest BCUT2D eigenvalue weighted by Gasteiger charge is 2.44. The molecule has 1 aliphatic rings. The molecule has 6 N–H and O–H groups in total. The van der Waals surface area contributed by atoms with Crippen LogP contribution < -0.4 is 5.32 Å². The van der Waals surface area contributed by atoms with Crippen molar-refractivity contribution >= 4 is 11.9 Å². The number of rotatable bonds is 69. The normalized spacial score (nSPS) is 17.8. The first-order valence-electron chi connectivity index (χ1n) is 38.5. The third-order valence-electron chi connectivity index (χ3n) is 18.7. The molecular formula is C76H147NO10. The fourth-order valence-electron chi connectivity index (χ4n) is 12.6. The number of esters is 1. The summed E-state index contributed by atoms with van der Waals surface area (Å²) >= 11 is 0. The van der Waals surface area contributed by atoms with E-state index >= 15 is 0 Å². The lowest BCUT2D eigenvalue weighted by Crippen LogP contribution is -2.60. The fraction of sp³-hybridized carbons (Fsp3) is 0.947. The fourth-order valence-corrected chi connectivity index (χ4v) is 12.6. The maximum atomic E-state index is 13.0. The molecule has 87 heavy (non-hydrogen) atoms. The van der Waals surface area contributed by atoms with E-state index in [4.69, 9.17) is 14.2 Å². The molecular weight excluding hydrogens is 1090 g/mol. The molecule has 0 aliphatic carbocycles. The first kappa shape index (κ1) is 83.4. The van der Waals surface area contributed by atoms with Crippen molar-refractivity contribution in [3.8, 4) is 0 Å². The molecule has 0 saturated carbocycles. The highest BCUT2D eigenvalue weighted by molar-refractivity contribution is 5.76. The average molecular weight is 1240 g/mol. The molecule has 1 heterocycles. The van der Waals surface area contributed by atoms with Gasteiger partial charge >= 0.3 is 5.97 Å². The summed E-state index contributed by atoms with van der Waals surface area (Å²) < 4.78 is 16.7. The van der Waals surface area contributed by atoms with Gasteiger partial charge in [0.25, 0.3) is 0 Å². The Labute approximate surface area is 538 Å². The molecule has 1 rings (SSSR count). The number of hydrogen-bond donors (Lipinski definition) is 6. The highest BCUT2D eigenvalue weighted by atomic mass is 16.7. The Morgan fingerprint density at radius 1 is 0.414 bits per heavy atom. The minimum absolute atomic E-state index is 0.0194. The molecule has 7 unspecified atom stereocenters. The number of carbonyl (C=O) groups excluding carboxylic acids is 2. The smallest absolute Gasteiger partial charge is 0.305 e. The molecule has 0 aromatic rings. The lowest BCUT2D eigenvalue weighted by Gasteiger charge is -2.40. The van der Waals surface area contributed by atoms with Crippen LogP contribution in [-0.2, 0) is 23.8 Å². The minimum Gasteiger partial charge on any atom is -0.466 e. The Bertz CT molecular complexity index is 1450. The predicted molar refractivity (Wildman–Crippen MR) is 366 cm³/mol. The molecule has 11 nitrogen and oxygen atoms in total. The van der Waals surface area contributed by atoms with Gasteiger partial charge in [-0.05, 0) is 32.1 Å². The van der Waals surface area contributed by atoms with Crippen LogP contribution in [0.2, 0.25) is 0 Å². The summed E-state index contributed by atoms with van der Waals surface area (Å²) in [5.74, 6) is -0.157. The van der Waals surface area contributed by atoms with Crippen LogP contribution in [0.25, 0.3) is 0 Å². The van der Waals surface area contributed by atoms with E-state index in [0.717, 1.165) is 51.4 Å². The van der Waals surface area contributed by atoms with Gasteiger partial charge < -0.3 is 45.1 Å². The number of unbranched alkanes of at least 4 members (excludes halogenated alkanes) is 55. The topological polar surface area (TPSA) is 175 Å². The van der Waals surface area contributed by atoms with Crippen LogP contribution in [0.5, 0.6) is 0 Å². The van der Waals surface area contributed by atoms with Crippen LogP contribution in [0.1, 0.15) is 399 Å². The summed E-state index contributed by atoms with van der Waals surface area (Å²) in [5.41, 5.74) is 0. The van der Waals surface area contributed by atoms with Gasteiger partial charge in [0.05, 0.1) is 32.0 Å². The van der Waals surface area contributed by atoms with Crippen LogP contribution in [0, 0.1) is 0 Å². The van der Waals surface area contributed by atoms with Crippen LogP contribution in [0.3, 0.4) is 0 Å². The monoisotopic (exact) mass is 1230 g/mol. The number of hydrogen-bond acceptors (Lipinski definition) is 10. The van der Waals surface area contributed by atoms with E-state index in [9.17, 15) is 35.1 Å². The summed E-state index contributed by atoms with van der Waals surface area (Å²) in [6, 6.07) is -0.804. The number of nitrogens with one attached hydrogen (secondary N) is 1. The quantitative estimate of drug-likeness (QED) is 0.0195. The second kappa shape index (κ2) is 65.9. The van der Waals surface area contributed by atoms with E-state index in [1.165, 1.54) is 321 Å². The van der Waals surface area contributed by atoms with Crippen LogP contribution >= 0.6 is 0 Å². The zero-order valence-corrected chi connectivity index (χ0v) is 57.5. The van der Waals surface area contributed by atoms with Gasteiger partial charge in [0.15, 0.2) is 6.29 Å². The van der Waals surface area contributed by atoms with Gasteiger partial charge in [0, 0.05) is 12.8 Å². The Morgan fingerprint density at radius 3 is 1.07 bits per heavy atom. The van der Waals surface area contributed by atoms with E-state index in [-0.39, 0.29) is 18.5 Å². The number of allylic oxidation sites excluding steroid dienone is 1. The predicted octanol–water partition coefficient (Wildman–Crippen LogP) is 20.2. The number of aliphatic hydroxyl groups is 5. The van der Waals surface area contributed by atoms with Crippen LogP contribution in [0.15, 0.2) is 12.2 Å². The summed E-state index contributed by atoms with van der Waals surface area (Å²) in [4.78, 5) is 25.1. The molecule has 1 amide bonds. The Kier molecular flexibility index (Phi) is 63.2. The molecule has 0 bridgehead atoms. The van der Waals surface area contributed by atoms with Crippen molar-refractivity contribution < 1.29 is 49.3 Å². The standard InChI is InChI=1S/C76H147NO10/c1-3-5-7-9-11-13-14-15-16-34-38-41-44-48-52-56-60-64-72(81)85-65-61-57-53-49-45-42-39-36-33-31-29-27-25-23-21-19-17-18-20-22-24-26-28-30-32-35-37-40-43-47-51-55-59-63-71(80)77-68(69(79)62-58-54-50-46-12-10-8-6-4-2)67-86-76-75(84)74(83)73(82)70(66-78)87-76/h58,62,68-70,73-76,78-79,82-84H,3-57,59-61,63-67H2,1-2H3,(H,77,80)/b62-58+. The lowest BCUT2D eigenvalue weighted by atomic mass is 9.99. The third kappa shape index (κ3) is 54.7. The lowest BCUT2D eigenvalue weighted by molar-refractivity contribution is -0.302. The van der Waals surface area contributed by atoms with Gasteiger partial charge in [-0.15, -0.1) is 0 Å². The number of amides is 1.